The van der Waals surface area contributed by atoms with Crippen LogP contribution in [0, 0.1) is 0 Å². The number of ether oxygens (including phenoxy) is 1. The molecule has 1 aliphatic heterocycles. The standard InChI is InChI=1S/C25H29BrN2O3S/c1-2-27-14-13-18(16-27)22-17-28(32(29,30)25-10-6-5-9-23(25)26)24-12-11-20(15-21(22)24)31-19-7-3-4-8-19/h5-6,9-12,15,17-19H,2-4,7-8,13-14,16H2,1H3. The van der Waals surface area contributed by atoms with Gasteiger partial charge in [0.15, 0.2) is 0 Å². The van der Waals surface area contributed by atoms with Crippen molar-refractivity contribution in [3.8, 4) is 5.75 Å². The maximum atomic E-state index is 13.7. The first-order chi connectivity index (χ1) is 15.5. The summed E-state index contributed by atoms with van der Waals surface area (Å²) in [7, 11) is -3.74. The van der Waals surface area contributed by atoms with Gasteiger partial charge in [-0.05, 0) is 103 Å². The van der Waals surface area contributed by atoms with Gasteiger partial charge in [-0.15, -0.1) is 0 Å². The molecule has 2 fully saturated rings. The van der Waals surface area contributed by atoms with Crippen LogP contribution in [-0.4, -0.2) is 43.0 Å². The molecule has 0 N–H and O–H groups in total. The van der Waals surface area contributed by atoms with Crippen molar-refractivity contribution in [2.45, 2.75) is 55.9 Å². The molecule has 0 radical (unpaired) electrons. The first kappa shape index (κ1) is 22.0. The minimum absolute atomic E-state index is 0.268. The molecule has 1 saturated heterocycles. The van der Waals surface area contributed by atoms with E-state index in [1.165, 1.54) is 16.8 Å². The Kier molecular flexibility index (Phi) is 6.07. The van der Waals surface area contributed by atoms with Crippen LogP contribution in [0.1, 0.15) is 50.5 Å². The van der Waals surface area contributed by atoms with E-state index in [9.17, 15) is 8.42 Å². The van der Waals surface area contributed by atoms with Crippen LogP contribution >= 0.6 is 15.9 Å². The summed E-state index contributed by atoms with van der Waals surface area (Å²) in [5, 5.41) is 0.985. The molecule has 2 aliphatic rings. The number of halogens is 1. The number of hydrogen-bond acceptors (Lipinski definition) is 4. The molecule has 3 aromatic rings. The Bertz CT molecular complexity index is 1230. The molecule has 0 spiro atoms. The van der Waals surface area contributed by atoms with Crippen molar-refractivity contribution >= 4 is 36.9 Å². The van der Waals surface area contributed by atoms with Crippen molar-refractivity contribution in [3.63, 3.8) is 0 Å². The average Bonchev–Trinajstić information content (AvgIpc) is 3.53. The molecular formula is C25H29BrN2O3S. The van der Waals surface area contributed by atoms with E-state index in [2.05, 4.69) is 33.8 Å². The smallest absolute Gasteiger partial charge is 0.269 e. The zero-order valence-electron chi connectivity index (χ0n) is 18.3. The first-order valence-electron chi connectivity index (χ1n) is 11.5. The molecule has 7 heteroatoms. The van der Waals surface area contributed by atoms with E-state index in [0.29, 0.717) is 15.9 Å². The van der Waals surface area contributed by atoms with E-state index in [-0.39, 0.29) is 11.0 Å². The number of likely N-dealkylation sites (N-methyl/N-ethyl adjacent to an activating group) is 1. The second-order valence-electron chi connectivity index (χ2n) is 8.90. The van der Waals surface area contributed by atoms with Crippen LogP contribution in [0.25, 0.3) is 10.9 Å². The van der Waals surface area contributed by atoms with Gasteiger partial charge < -0.3 is 9.64 Å². The Morgan fingerprint density at radius 3 is 2.59 bits per heavy atom. The monoisotopic (exact) mass is 516 g/mol. The Morgan fingerprint density at radius 1 is 1.09 bits per heavy atom. The fourth-order valence-corrected chi connectivity index (χ4v) is 7.48. The Morgan fingerprint density at radius 2 is 1.88 bits per heavy atom. The summed E-state index contributed by atoms with van der Waals surface area (Å²) in [6.45, 7) is 5.19. The van der Waals surface area contributed by atoms with Gasteiger partial charge in [0.2, 0.25) is 0 Å². The van der Waals surface area contributed by atoms with Crippen LogP contribution in [0.5, 0.6) is 5.75 Å². The van der Waals surface area contributed by atoms with Crippen molar-refractivity contribution in [3.05, 3.63) is 58.7 Å². The summed E-state index contributed by atoms with van der Waals surface area (Å²) >= 11 is 3.43. The molecule has 0 amide bonds. The zero-order valence-corrected chi connectivity index (χ0v) is 20.7. The maximum absolute atomic E-state index is 13.7. The third-order valence-electron chi connectivity index (χ3n) is 6.91. The Balaban J connectivity index is 1.62. The molecule has 5 nitrogen and oxygen atoms in total. The molecular weight excluding hydrogens is 488 g/mol. The van der Waals surface area contributed by atoms with Gasteiger partial charge in [-0.25, -0.2) is 12.4 Å². The fraction of sp³-hybridized carbons (Fsp3) is 0.440. The van der Waals surface area contributed by atoms with Crippen LogP contribution in [-0.2, 0) is 10.0 Å². The largest absolute Gasteiger partial charge is 0.490 e. The van der Waals surface area contributed by atoms with Gasteiger partial charge in [0, 0.05) is 22.6 Å². The van der Waals surface area contributed by atoms with Crippen LogP contribution in [0.4, 0.5) is 0 Å². The highest BCUT2D eigenvalue weighted by atomic mass is 79.9. The molecule has 170 valence electrons. The number of rotatable bonds is 6. The van der Waals surface area contributed by atoms with Gasteiger partial charge in [-0.2, -0.15) is 0 Å². The lowest BCUT2D eigenvalue weighted by atomic mass is 9.98. The van der Waals surface area contributed by atoms with E-state index in [0.717, 1.165) is 55.6 Å². The molecule has 1 atom stereocenters. The van der Waals surface area contributed by atoms with Gasteiger partial charge in [-0.1, -0.05) is 19.1 Å². The van der Waals surface area contributed by atoms with E-state index in [4.69, 9.17) is 4.74 Å². The highest BCUT2D eigenvalue weighted by Gasteiger charge is 2.30. The lowest BCUT2D eigenvalue weighted by Crippen LogP contribution is -2.19. The second-order valence-corrected chi connectivity index (χ2v) is 11.5. The van der Waals surface area contributed by atoms with Gasteiger partial charge in [0.25, 0.3) is 10.0 Å². The minimum Gasteiger partial charge on any atom is -0.490 e. The molecule has 32 heavy (non-hydrogen) atoms. The van der Waals surface area contributed by atoms with Gasteiger partial charge in [0.1, 0.15) is 10.6 Å². The average molecular weight is 517 g/mol. The molecule has 1 aromatic heterocycles. The third-order valence-corrected chi connectivity index (χ3v) is 9.60. The quantitative estimate of drug-likeness (QED) is 0.417. The number of aromatic nitrogens is 1. The number of likely N-dealkylation sites (tertiary alicyclic amines) is 1. The highest BCUT2D eigenvalue weighted by molar-refractivity contribution is 9.10. The topological polar surface area (TPSA) is 51.5 Å². The van der Waals surface area contributed by atoms with Crippen LogP contribution in [0.2, 0.25) is 0 Å². The number of nitrogens with zero attached hydrogens (tertiary/aromatic N) is 2. The lowest BCUT2D eigenvalue weighted by Gasteiger charge is -2.14. The molecule has 1 saturated carbocycles. The predicted octanol–water partition coefficient (Wildman–Crippen LogP) is 5.77. The summed E-state index contributed by atoms with van der Waals surface area (Å²) in [5.74, 6) is 1.15. The van der Waals surface area contributed by atoms with E-state index in [1.54, 1.807) is 18.2 Å². The normalized spacial score (nSPS) is 20.4. The lowest BCUT2D eigenvalue weighted by molar-refractivity contribution is 0.210. The van der Waals surface area contributed by atoms with E-state index >= 15 is 0 Å². The van der Waals surface area contributed by atoms with Crippen LogP contribution in [0.3, 0.4) is 0 Å². The number of fused-ring (bicyclic) bond motifs is 1. The van der Waals surface area contributed by atoms with Crippen LogP contribution in [0.15, 0.2) is 58.0 Å². The summed E-state index contributed by atoms with van der Waals surface area (Å²) in [6, 6.07) is 12.9. The molecule has 5 rings (SSSR count). The van der Waals surface area contributed by atoms with E-state index < -0.39 is 10.0 Å². The van der Waals surface area contributed by atoms with Crippen molar-refractivity contribution in [1.82, 2.24) is 8.87 Å². The van der Waals surface area contributed by atoms with Crippen molar-refractivity contribution in [2.24, 2.45) is 0 Å². The summed E-state index contributed by atoms with van der Waals surface area (Å²) in [4.78, 5) is 2.70. The van der Waals surface area contributed by atoms with Gasteiger partial charge >= 0.3 is 0 Å². The molecule has 1 aliphatic carbocycles. The summed E-state index contributed by atoms with van der Waals surface area (Å²) in [6.07, 6.45) is 7.77. The van der Waals surface area contributed by atoms with Crippen molar-refractivity contribution in [1.29, 1.82) is 0 Å². The van der Waals surface area contributed by atoms with Crippen LogP contribution < -0.4 is 4.74 Å². The van der Waals surface area contributed by atoms with Crippen molar-refractivity contribution < 1.29 is 13.2 Å². The van der Waals surface area contributed by atoms with E-state index in [1.807, 2.05) is 24.4 Å². The Labute approximate surface area is 198 Å². The molecule has 1 unspecified atom stereocenters. The minimum atomic E-state index is -3.74. The molecule has 2 aromatic carbocycles. The zero-order chi connectivity index (χ0) is 22.3. The summed E-state index contributed by atoms with van der Waals surface area (Å²) in [5.41, 5.74) is 1.81. The Hall–Kier alpha value is -1.83. The number of benzene rings is 2. The summed E-state index contributed by atoms with van der Waals surface area (Å²) < 4.78 is 35.6. The maximum Gasteiger partial charge on any atom is 0.269 e. The number of hydrogen-bond donors (Lipinski definition) is 0. The highest BCUT2D eigenvalue weighted by Crippen LogP contribution is 2.38. The SMILES string of the molecule is CCN1CCC(c2cn(S(=O)(=O)c3ccccc3Br)c3ccc(OC4CCCC4)cc23)C1. The molecule has 0 bridgehead atoms. The van der Waals surface area contributed by atoms with Crippen molar-refractivity contribution in [2.75, 3.05) is 19.6 Å². The first-order valence-corrected chi connectivity index (χ1v) is 13.7. The second kappa shape index (κ2) is 8.84. The fourth-order valence-electron chi connectivity index (χ4n) is 5.13. The third kappa shape index (κ3) is 3.99. The molecule has 2 heterocycles. The van der Waals surface area contributed by atoms with Gasteiger partial charge in [0.05, 0.1) is 11.6 Å². The predicted molar refractivity (Wildman–Crippen MR) is 131 cm³/mol. The van der Waals surface area contributed by atoms with Gasteiger partial charge in [-0.3, -0.25) is 0 Å².